The third-order valence-electron chi connectivity index (χ3n) is 28.7. The summed E-state index contributed by atoms with van der Waals surface area (Å²) in [6.07, 6.45) is 0. The van der Waals surface area contributed by atoms with Gasteiger partial charge in [0.25, 0.3) is 0 Å². The SMILES string of the molecule is c1ccc(C2(c3ccccc3)c3ccccc3-c3c2ccc2c3c3cc(-c4ccc5c(c4)c4ccccc4n5-c4ccc5ccccc5c4)ccc3n2-c2ccc3ccccc3c2)cc1.c1ccc(C2(c3ccccc3)c3ccccc3-c3cc4c(cc32)c2cc(-c3ccc5c(c3)c3ccccc3n5-c3ccc5ccccc5c3)ccc2n4-c2ccc3ccccc3c2)cc1. The van der Waals surface area contributed by atoms with E-state index in [0.717, 1.165) is 11.4 Å². The van der Waals surface area contributed by atoms with Crippen LogP contribution in [0.3, 0.4) is 0 Å². The summed E-state index contributed by atoms with van der Waals surface area (Å²) in [5.74, 6) is 0. The van der Waals surface area contributed by atoms with E-state index in [4.69, 9.17) is 0 Å². The average Bonchev–Trinajstić information content (AvgIpc) is 1.52. The van der Waals surface area contributed by atoms with E-state index in [-0.39, 0.29) is 0 Å². The zero-order valence-electron chi connectivity index (χ0n) is 71.0. The molecule has 2 aliphatic rings. The molecule has 2 aliphatic carbocycles. The molecule has 28 rings (SSSR count). The first-order valence-electron chi connectivity index (χ1n) is 45.2. The fourth-order valence-corrected chi connectivity index (χ4v) is 23.0. The standard InChI is InChI=1S/2C63H40N2/c1-3-19-47(20-4-1)63(48-21-5-2-6-22-48)55-25-13-11-24-52(55)61-56(63)33-36-60-62(61)54-40-46(30-35-59(54)65(60)50-32-28-42-16-8-10-18-44(42)38-50)45-29-34-58-53(39-45)51-23-12-14-26-57(51)64(58)49-31-27-41-15-7-9-17-43(41)37-49;1-3-19-47(20-4-1)63(48-21-5-2-6-22-48)57-25-13-11-23-51(57)53-40-62-56(39-58(53)63)55-38-46(30-34-61(55)65(62)50-32-28-42-16-8-10-18-44(42)36-50)45-29-33-60-54(37-45)52-24-12-14-26-59(52)64(60)49-31-27-41-15-7-9-17-43(41)35-49/h2*1-40H. The number of fused-ring (bicyclic) bond motifs is 23. The lowest BCUT2D eigenvalue weighted by atomic mass is 9.67. The second kappa shape index (κ2) is 28.8. The molecule has 0 atom stereocenters. The maximum Gasteiger partial charge on any atom is 0.0713 e. The molecule has 0 saturated carbocycles. The lowest BCUT2D eigenvalue weighted by molar-refractivity contribution is 0.769. The first kappa shape index (κ1) is 73.4. The molecule has 22 aromatic carbocycles. The van der Waals surface area contributed by atoms with Crippen LogP contribution in [0.2, 0.25) is 0 Å². The van der Waals surface area contributed by atoms with E-state index in [1.54, 1.807) is 0 Å². The monoisotopic (exact) mass is 1650 g/mol. The highest BCUT2D eigenvalue weighted by atomic mass is 15.0. The topological polar surface area (TPSA) is 19.7 Å². The van der Waals surface area contributed by atoms with Gasteiger partial charge in [-0.25, -0.2) is 0 Å². The smallest absolute Gasteiger partial charge is 0.0713 e. The predicted molar refractivity (Wildman–Crippen MR) is 546 cm³/mol. The molecule has 26 aromatic rings. The van der Waals surface area contributed by atoms with E-state index in [1.165, 1.54) is 231 Å². The van der Waals surface area contributed by atoms with E-state index < -0.39 is 10.8 Å². The Morgan fingerprint density at radius 1 is 0.146 bits per heavy atom. The molecule has 4 heteroatoms. The molecular weight excluding hydrogens is 1570 g/mol. The summed E-state index contributed by atoms with van der Waals surface area (Å²) >= 11 is 0. The van der Waals surface area contributed by atoms with Crippen molar-refractivity contribution < 1.29 is 0 Å². The van der Waals surface area contributed by atoms with Crippen molar-refractivity contribution in [2.24, 2.45) is 0 Å². The van der Waals surface area contributed by atoms with Crippen LogP contribution < -0.4 is 0 Å². The molecule has 0 N–H and O–H groups in total. The van der Waals surface area contributed by atoms with Crippen LogP contribution in [0.25, 0.3) is 198 Å². The molecule has 0 aliphatic heterocycles. The maximum atomic E-state index is 2.54. The Kier molecular flexibility index (Phi) is 16.3. The molecule has 0 fully saturated rings. The summed E-state index contributed by atoms with van der Waals surface area (Å²) in [6.45, 7) is 0. The van der Waals surface area contributed by atoms with Gasteiger partial charge in [0, 0.05) is 65.8 Å². The molecular formula is C126H80N4. The largest absolute Gasteiger partial charge is 0.309 e. The van der Waals surface area contributed by atoms with Crippen LogP contribution in [0.1, 0.15) is 44.5 Å². The Morgan fingerprint density at radius 3 is 0.862 bits per heavy atom. The van der Waals surface area contributed by atoms with Crippen LogP contribution in [0, 0.1) is 0 Å². The van der Waals surface area contributed by atoms with Crippen LogP contribution in [-0.2, 0) is 10.8 Å². The first-order chi connectivity index (χ1) is 64.5. The molecule has 0 radical (unpaired) electrons. The van der Waals surface area contributed by atoms with Crippen molar-refractivity contribution in [1.82, 2.24) is 18.3 Å². The summed E-state index contributed by atoms with van der Waals surface area (Å²) in [5.41, 5.74) is 33.5. The van der Waals surface area contributed by atoms with E-state index >= 15 is 0 Å². The second-order valence-corrected chi connectivity index (χ2v) is 35.3. The van der Waals surface area contributed by atoms with Gasteiger partial charge < -0.3 is 18.3 Å². The lowest BCUT2D eigenvalue weighted by Gasteiger charge is -2.34. The molecule has 0 amide bonds. The van der Waals surface area contributed by atoms with Crippen LogP contribution in [-0.4, -0.2) is 18.3 Å². The highest BCUT2D eigenvalue weighted by Crippen LogP contribution is 2.61. The molecule has 0 saturated heterocycles. The van der Waals surface area contributed by atoms with Crippen molar-refractivity contribution in [3.05, 3.63) is 530 Å². The molecule has 604 valence electrons. The number of hydrogen-bond donors (Lipinski definition) is 0. The summed E-state index contributed by atoms with van der Waals surface area (Å²) in [6, 6.07) is 181. The Hall–Kier alpha value is -16.9. The quantitative estimate of drug-likeness (QED) is 0.130. The van der Waals surface area contributed by atoms with Crippen molar-refractivity contribution in [2.75, 3.05) is 0 Å². The van der Waals surface area contributed by atoms with E-state index in [0.29, 0.717) is 0 Å². The normalized spacial score (nSPS) is 13.0. The zero-order chi connectivity index (χ0) is 85.3. The molecule has 0 spiro atoms. The van der Waals surface area contributed by atoms with Crippen molar-refractivity contribution in [1.29, 1.82) is 0 Å². The lowest BCUT2D eigenvalue weighted by Crippen LogP contribution is -2.28. The van der Waals surface area contributed by atoms with Gasteiger partial charge in [0.2, 0.25) is 0 Å². The van der Waals surface area contributed by atoms with Crippen molar-refractivity contribution >= 4 is 130 Å². The fourth-order valence-electron chi connectivity index (χ4n) is 23.0. The minimum atomic E-state index is -0.498. The Balaban J connectivity index is 0.000000134. The summed E-state index contributed by atoms with van der Waals surface area (Å²) < 4.78 is 9.84. The highest BCUT2D eigenvalue weighted by Gasteiger charge is 2.49. The Morgan fingerprint density at radius 2 is 0.438 bits per heavy atom. The van der Waals surface area contributed by atoms with Crippen LogP contribution in [0.15, 0.2) is 485 Å². The van der Waals surface area contributed by atoms with E-state index in [2.05, 4.69) is 504 Å². The van der Waals surface area contributed by atoms with Gasteiger partial charge in [-0.05, 0) is 259 Å². The molecule has 0 unspecified atom stereocenters. The molecule has 4 aromatic heterocycles. The van der Waals surface area contributed by atoms with Gasteiger partial charge in [0.15, 0.2) is 0 Å². The zero-order valence-corrected chi connectivity index (χ0v) is 71.0. The average molecular weight is 1650 g/mol. The third-order valence-corrected chi connectivity index (χ3v) is 28.7. The number of benzene rings is 22. The molecule has 4 heterocycles. The fraction of sp³-hybridized carbons (Fsp3) is 0.0159. The van der Waals surface area contributed by atoms with Crippen LogP contribution in [0.4, 0.5) is 0 Å². The van der Waals surface area contributed by atoms with Gasteiger partial charge in [-0.3, -0.25) is 0 Å². The number of para-hydroxylation sites is 2. The minimum absolute atomic E-state index is 0.498. The number of aromatic nitrogens is 4. The summed E-state index contributed by atoms with van der Waals surface area (Å²) in [5, 5.41) is 19.9. The third kappa shape index (κ3) is 10.9. The van der Waals surface area contributed by atoms with Crippen LogP contribution in [0.5, 0.6) is 0 Å². The Labute approximate surface area is 751 Å². The predicted octanol–water partition coefficient (Wildman–Crippen LogP) is 32.4. The maximum absolute atomic E-state index is 2.54. The van der Waals surface area contributed by atoms with Gasteiger partial charge in [-0.1, -0.05) is 358 Å². The highest BCUT2D eigenvalue weighted by molar-refractivity contribution is 6.21. The van der Waals surface area contributed by atoms with E-state index in [9.17, 15) is 0 Å². The van der Waals surface area contributed by atoms with Gasteiger partial charge >= 0.3 is 0 Å². The van der Waals surface area contributed by atoms with Crippen LogP contribution >= 0.6 is 0 Å². The number of rotatable bonds is 10. The number of hydrogen-bond acceptors (Lipinski definition) is 0. The minimum Gasteiger partial charge on any atom is -0.309 e. The Bertz CT molecular complexity index is 8940. The number of nitrogens with zero attached hydrogens (tertiary/aromatic N) is 4. The molecule has 4 nitrogen and oxygen atoms in total. The summed E-state index contributed by atoms with van der Waals surface area (Å²) in [7, 11) is 0. The van der Waals surface area contributed by atoms with Crippen molar-refractivity contribution in [3.63, 3.8) is 0 Å². The van der Waals surface area contributed by atoms with Gasteiger partial charge in [0.1, 0.15) is 0 Å². The van der Waals surface area contributed by atoms with Gasteiger partial charge in [-0.15, -0.1) is 0 Å². The summed E-state index contributed by atoms with van der Waals surface area (Å²) in [4.78, 5) is 0. The molecule has 0 bridgehead atoms. The second-order valence-electron chi connectivity index (χ2n) is 35.3. The molecule has 130 heavy (non-hydrogen) atoms. The van der Waals surface area contributed by atoms with E-state index in [1.807, 2.05) is 0 Å². The van der Waals surface area contributed by atoms with Crippen molar-refractivity contribution in [3.8, 4) is 67.3 Å². The first-order valence-corrected chi connectivity index (χ1v) is 45.2. The van der Waals surface area contributed by atoms with Gasteiger partial charge in [0.05, 0.1) is 55.0 Å². The van der Waals surface area contributed by atoms with Crippen molar-refractivity contribution in [2.45, 2.75) is 10.8 Å². The van der Waals surface area contributed by atoms with Gasteiger partial charge in [-0.2, -0.15) is 0 Å².